The summed E-state index contributed by atoms with van der Waals surface area (Å²) in [7, 11) is 0. The second-order valence-corrected chi connectivity index (χ2v) is 4.81. The molecule has 1 aromatic heterocycles. The molecule has 1 amide bonds. The molecule has 0 spiro atoms. The number of amides is 1. The van der Waals surface area contributed by atoms with Crippen LogP contribution in [-0.2, 0) is 11.2 Å². The third-order valence-electron chi connectivity index (χ3n) is 3.27. The predicted molar refractivity (Wildman–Crippen MR) is 77.9 cm³/mol. The molecule has 0 unspecified atom stereocenters. The lowest BCUT2D eigenvalue weighted by Gasteiger charge is -2.17. The van der Waals surface area contributed by atoms with Crippen LogP contribution in [0.4, 0.5) is 23.1 Å². The summed E-state index contributed by atoms with van der Waals surface area (Å²) in [5, 5.41) is 5.95. The molecule has 0 bridgehead atoms. The number of nitrogens with zero attached hydrogens (tertiary/aromatic N) is 2. The lowest BCUT2D eigenvalue weighted by Crippen LogP contribution is -2.18. The number of nitrogens with one attached hydrogen (secondary N) is 2. The van der Waals surface area contributed by atoms with Crippen LogP contribution in [0.25, 0.3) is 0 Å². The Morgan fingerprint density at radius 2 is 2.20 bits per heavy atom. The number of nitrogen functional groups attached to an aromatic ring is 1. The highest BCUT2D eigenvalue weighted by Crippen LogP contribution is 2.27. The van der Waals surface area contributed by atoms with E-state index < -0.39 is 0 Å². The Labute approximate surface area is 116 Å². The van der Waals surface area contributed by atoms with E-state index in [0.29, 0.717) is 18.2 Å². The second kappa shape index (κ2) is 4.80. The first-order chi connectivity index (χ1) is 9.61. The molecule has 0 saturated carbocycles. The minimum atomic E-state index is 0.0467. The van der Waals surface area contributed by atoms with Gasteiger partial charge in [-0.1, -0.05) is 6.07 Å². The van der Waals surface area contributed by atoms with E-state index >= 15 is 0 Å². The number of benzene rings is 1. The maximum absolute atomic E-state index is 11.4. The van der Waals surface area contributed by atoms with Crippen molar-refractivity contribution < 1.29 is 4.79 Å². The Hall–Kier alpha value is -2.63. The quantitative estimate of drug-likeness (QED) is 0.775. The molecule has 1 aromatic carbocycles. The third kappa shape index (κ3) is 2.40. The molecule has 0 fully saturated rings. The van der Waals surface area contributed by atoms with Crippen molar-refractivity contribution in [1.82, 2.24) is 9.97 Å². The molecule has 0 saturated heterocycles. The first-order valence-corrected chi connectivity index (χ1v) is 6.41. The molecule has 2 aromatic rings. The van der Waals surface area contributed by atoms with Gasteiger partial charge in [0.1, 0.15) is 5.82 Å². The zero-order chi connectivity index (χ0) is 14.1. The van der Waals surface area contributed by atoms with Crippen molar-refractivity contribution in [1.29, 1.82) is 0 Å². The van der Waals surface area contributed by atoms with Gasteiger partial charge in [0.2, 0.25) is 11.9 Å². The normalized spacial score (nSPS) is 13.6. The molecule has 1 aliphatic rings. The summed E-state index contributed by atoms with van der Waals surface area (Å²) in [6, 6.07) is 5.82. The smallest absolute Gasteiger partial charge is 0.229 e. The van der Waals surface area contributed by atoms with Crippen LogP contribution in [0.15, 0.2) is 24.4 Å². The number of hydrogen-bond acceptors (Lipinski definition) is 5. The van der Waals surface area contributed by atoms with Gasteiger partial charge in [0, 0.05) is 29.6 Å². The molecule has 1 aliphatic heterocycles. The number of anilines is 4. The van der Waals surface area contributed by atoms with Crippen molar-refractivity contribution in [2.75, 3.05) is 16.4 Å². The van der Waals surface area contributed by atoms with Crippen molar-refractivity contribution in [2.45, 2.75) is 19.8 Å². The van der Waals surface area contributed by atoms with E-state index in [1.54, 1.807) is 6.20 Å². The number of fused-ring (bicyclic) bond motifs is 1. The molecule has 0 radical (unpaired) electrons. The molecule has 0 aliphatic carbocycles. The van der Waals surface area contributed by atoms with Crippen molar-refractivity contribution in [2.24, 2.45) is 0 Å². The van der Waals surface area contributed by atoms with Crippen molar-refractivity contribution in [3.05, 3.63) is 35.5 Å². The van der Waals surface area contributed by atoms with Gasteiger partial charge in [0.25, 0.3) is 0 Å². The number of aromatic nitrogens is 2. The fraction of sp³-hybridized carbons (Fsp3) is 0.214. The molecule has 102 valence electrons. The number of rotatable bonds is 2. The average Bonchev–Trinajstić information content (AvgIpc) is 2.42. The predicted octanol–water partition coefficient (Wildman–Crippen LogP) is 2.00. The second-order valence-electron chi connectivity index (χ2n) is 4.81. The van der Waals surface area contributed by atoms with Crippen LogP contribution >= 0.6 is 0 Å². The Balaban J connectivity index is 1.86. The SMILES string of the molecule is Cc1cnc(Nc2ccc3c(c2)NC(=O)CC3)nc1N. The van der Waals surface area contributed by atoms with Crippen LogP contribution in [0.2, 0.25) is 0 Å². The summed E-state index contributed by atoms with van der Waals surface area (Å²) in [4.78, 5) is 19.7. The van der Waals surface area contributed by atoms with Gasteiger partial charge in [0.05, 0.1) is 0 Å². The summed E-state index contributed by atoms with van der Waals surface area (Å²) in [5.41, 5.74) is 9.39. The zero-order valence-electron chi connectivity index (χ0n) is 11.1. The van der Waals surface area contributed by atoms with E-state index in [4.69, 9.17) is 5.73 Å². The van der Waals surface area contributed by atoms with E-state index in [2.05, 4.69) is 20.6 Å². The van der Waals surface area contributed by atoms with Crippen LogP contribution in [0.5, 0.6) is 0 Å². The van der Waals surface area contributed by atoms with Gasteiger partial charge in [-0.3, -0.25) is 4.79 Å². The maximum atomic E-state index is 11.4. The Morgan fingerprint density at radius 1 is 1.35 bits per heavy atom. The average molecular weight is 269 g/mol. The first kappa shape index (κ1) is 12.4. The molecule has 4 N–H and O–H groups in total. The van der Waals surface area contributed by atoms with Gasteiger partial charge in [-0.2, -0.15) is 4.98 Å². The summed E-state index contributed by atoms with van der Waals surface area (Å²) in [6.45, 7) is 1.85. The van der Waals surface area contributed by atoms with Gasteiger partial charge in [-0.25, -0.2) is 4.98 Å². The van der Waals surface area contributed by atoms with Crippen LogP contribution in [0, 0.1) is 6.92 Å². The van der Waals surface area contributed by atoms with E-state index in [0.717, 1.165) is 28.9 Å². The lowest BCUT2D eigenvalue weighted by atomic mass is 10.0. The molecule has 6 nitrogen and oxygen atoms in total. The molecular weight excluding hydrogens is 254 g/mol. The highest BCUT2D eigenvalue weighted by molar-refractivity contribution is 5.94. The van der Waals surface area contributed by atoms with Crippen LogP contribution in [0.1, 0.15) is 17.5 Å². The topological polar surface area (TPSA) is 92.9 Å². The van der Waals surface area contributed by atoms with Crippen LogP contribution < -0.4 is 16.4 Å². The molecular formula is C14H15N5O. The zero-order valence-corrected chi connectivity index (χ0v) is 11.1. The number of nitrogens with two attached hydrogens (primary N) is 1. The number of carbonyl (C=O) groups excluding carboxylic acids is 1. The van der Waals surface area contributed by atoms with Gasteiger partial charge in [-0.05, 0) is 31.0 Å². The van der Waals surface area contributed by atoms with E-state index in [-0.39, 0.29) is 5.91 Å². The monoisotopic (exact) mass is 269 g/mol. The Bertz CT molecular complexity index is 683. The van der Waals surface area contributed by atoms with Gasteiger partial charge in [-0.15, -0.1) is 0 Å². The van der Waals surface area contributed by atoms with E-state index in [1.807, 2.05) is 25.1 Å². The Morgan fingerprint density at radius 3 is 3.00 bits per heavy atom. The Kier molecular flexibility index (Phi) is 2.98. The van der Waals surface area contributed by atoms with Gasteiger partial charge in [0.15, 0.2) is 0 Å². The fourth-order valence-electron chi connectivity index (χ4n) is 2.09. The fourth-order valence-corrected chi connectivity index (χ4v) is 2.09. The third-order valence-corrected chi connectivity index (χ3v) is 3.27. The molecule has 0 atom stereocenters. The summed E-state index contributed by atoms with van der Waals surface area (Å²) in [5.74, 6) is 0.939. The minimum Gasteiger partial charge on any atom is -0.383 e. The summed E-state index contributed by atoms with van der Waals surface area (Å²) < 4.78 is 0. The molecule has 3 rings (SSSR count). The molecule has 20 heavy (non-hydrogen) atoms. The minimum absolute atomic E-state index is 0.0467. The van der Waals surface area contributed by atoms with Gasteiger partial charge >= 0.3 is 0 Å². The number of hydrogen-bond donors (Lipinski definition) is 3. The van der Waals surface area contributed by atoms with Crippen LogP contribution in [-0.4, -0.2) is 15.9 Å². The maximum Gasteiger partial charge on any atom is 0.229 e. The first-order valence-electron chi connectivity index (χ1n) is 6.41. The van der Waals surface area contributed by atoms with E-state index in [9.17, 15) is 4.79 Å². The summed E-state index contributed by atoms with van der Waals surface area (Å²) in [6.07, 6.45) is 2.98. The molecule has 6 heteroatoms. The molecule has 2 heterocycles. The standard InChI is InChI=1S/C14H15N5O/c1-8-7-16-14(19-13(8)15)17-10-4-2-9-3-5-12(20)18-11(9)6-10/h2,4,6-7H,3,5H2,1H3,(H,18,20)(H3,15,16,17,19). The van der Waals surface area contributed by atoms with Crippen molar-refractivity contribution >= 4 is 29.0 Å². The van der Waals surface area contributed by atoms with Gasteiger partial charge < -0.3 is 16.4 Å². The highest BCUT2D eigenvalue weighted by atomic mass is 16.1. The number of carbonyl (C=O) groups is 1. The van der Waals surface area contributed by atoms with Crippen molar-refractivity contribution in [3.8, 4) is 0 Å². The lowest BCUT2D eigenvalue weighted by molar-refractivity contribution is -0.116. The largest absolute Gasteiger partial charge is 0.383 e. The van der Waals surface area contributed by atoms with Crippen LogP contribution in [0.3, 0.4) is 0 Å². The van der Waals surface area contributed by atoms with Crippen molar-refractivity contribution in [3.63, 3.8) is 0 Å². The number of aryl methyl sites for hydroxylation is 2. The van der Waals surface area contributed by atoms with E-state index in [1.165, 1.54) is 0 Å². The highest BCUT2D eigenvalue weighted by Gasteiger charge is 2.14. The summed E-state index contributed by atoms with van der Waals surface area (Å²) >= 11 is 0.